The molecule has 2 nitrogen and oxygen atoms in total. The number of aromatic nitrogens is 1. The normalized spacial score (nSPS) is 10.5. The van der Waals surface area contributed by atoms with Crippen LogP contribution in [0.5, 0.6) is 0 Å². The maximum atomic E-state index is 11.6. The molecule has 0 saturated heterocycles. The molecule has 1 aromatic heterocycles. The summed E-state index contributed by atoms with van der Waals surface area (Å²) >= 11 is 5.77. The van der Waals surface area contributed by atoms with Crippen molar-refractivity contribution in [3.63, 3.8) is 0 Å². The number of hydrogen-bond donors (Lipinski definition) is 0. The van der Waals surface area contributed by atoms with Crippen molar-refractivity contribution in [2.75, 3.05) is 0 Å². The molecule has 0 saturated carbocycles. The van der Waals surface area contributed by atoms with Crippen LogP contribution in [0, 0.1) is 0 Å². The maximum Gasteiger partial charge on any atom is 0.250 e. The fraction of sp³-hybridized carbons (Fsp3) is 0.154. The first-order valence-corrected chi connectivity index (χ1v) is 6.40. The average Bonchev–Trinajstić information content (AvgIpc) is 2.34. The molecule has 88 valence electrons. The van der Waals surface area contributed by atoms with Crippen LogP contribution in [-0.4, -0.2) is 4.57 Å². The maximum absolute atomic E-state index is 11.6. The molecule has 2 aromatic rings. The number of pyridine rings is 1. The summed E-state index contributed by atoms with van der Waals surface area (Å²) in [7, 11) is 2.69. The molecule has 0 spiro atoms. The summed E-state index contributed by atoms with van der Waals surface area (Å²) in [6.45, 7) is 0.584. The second-order valence-electron chi connectivity index (χ2n) is 3.83. The third kappa shape index (κ3) is 2.96. The predicted molar refractivity (Wildman–Crippen MR) is 75.1 cm³/mol. The highest BCUT2D eigenvalue weighted by molar-refractivity contribution is 7.27. The summed E-state index contributed by atoms with van der Waals surface area (Å²) in [6, 6.07) is 11.2. The first-order valence-electron chi connectivity index (χ1n) is 5.29. The number of benzene rings is 1. The molecule has 0 amide bonds. The van der Waals surface area contributed by atoms with Gasteiger partial charge in [-0.2, -0.15) is 0 Å². The Morgan fingerprint density at radius 2 is 2.06 bits per heavy atom. The standard InChI is InChI=1S/C13H13ClNOP/c14-8-10-4-5-11(12(17)7-10)9-15-6-2-1-3-13(15)16/h1-7H,8-9,17H2. The lowest BCUT2D eigenvalue weighted by atomic mass is 10.1. The van der Waals surface area contributed by atoms with Crippen molar-refractivity contribution < 1.29 is 0 Å². The zero-order valence-electron chi connectivity index (χ0n) is 9.27. The average molecular weight is 266 g/mol. The van der Waals surface area contributed by atoms with Gasteiger partial charge in [-0.15, -0.1) is 20.8 Å². The van der Waals surface area contributed by atoms with Crippen molar-refractivity contribution in [2.45, 2.75) is 12.4 Å². The van der Waals surface area contributed by atoms with Gasteiger partial charge in [0.1, 0.15) is 0 Å². The van der Waals surface area contributed by atoms with Crippen LogP contribution in [-0.2, 0) is 12.4 Å². The van der Waals surface area contributed by atoms with Gasteiger partial charge in [-0.05, 0) is 22.5 Å². The molecule has 0 aliphatic rings. The molecular weight excluding hydrogens is 253 g/mol. The van der Waals surface area contributed by atoms with Crippen molar-refractivity contribution in [1.82, 2.24) is 4.57 Å². The van der Waals surface area contributed by atoms with Crippen LogP contribution in [0.4, 0.5) is 0 Å². The van der Waals surface area contributed by atoms with Crippen molar-refractivity contribution in [3.8, 4) is 0 Å². The van der Waals surface area contributed by atoms with Crippen LogP contribution in [0.15, 0.2) is 47.4 Å². The molecule has 1 unspecified atom stereocenters. The van der Waals surface area contributed by atoms with E-state index in [1.54, 1.807) is 22.9 Å². The van der Waals surface area contributed by atoms with Crippen molar-refractivity contribution in [3.05, 3.63) is 64.1 Å². The fourth-order valence-electron chi connectivity index (χ4n) is 1.65. The Kier molecular flexibility index (Phi) is 3.98. The molecule has 1 heterocycles. The quantitative estimate of drug-likeness (QED) is 0.616. The molecule has 1 atom stereocenters. The van der Waals surface area contributed by atoms with Gasteiger partial charge in [-0.1, -0.05) is 24.3 Å². The minimum absolute atomic E-state index is 0.0123. The molecule has 0 fully saturated rings. The highest BCUT2D eigenvalue weighted by Crippen LogP contribution is 2.08. The smallest absolute Gasteiger partial charge is 0.250 e. The molecule has 1 aromatic carbocycles. The predicted octanol–water partition coefficient (Wildman–Crippen LogP) is 2.14. The van der Waals surface area contributed by atoms with Gasteiger partial charge >= 0.3 is 0 Å². The molecule has 0 N–H and O–H groups in total. The van der Waals surface area contributed by atoms with Gasteiger partial charge in [0.05, 0.1) is 6.54 Å². The molecule has 17 heavy (non-hydrogen) atoms. The van der Waals surface area contributed by atoms with Gasteiger partial charge < -0.3 is 4.57 Å². The van der Waals surface area contributed by atoms with Gasteiger partial charge in [-0.3, -0.25) is 4.79 Å². The molecule has 0 radical (unpaired) electrons. The monoisotopic (exact) mass is 265 g/mol. The van der Waals surface area contributed by atoms with Gasteiger partial charge in [-0.25, -0.2) is 0 Å². The summed E-state index contributed by atoms with van der Waals surface area (Å²) in [5.74, 6) is 0.507. The van der Waals surface area contributed by atoms with Crippen LogP contribution < -0.4 is 10.9 Å². The fourth-order valence-corrected chi connectivity index (χ4v) is 2.21. The zero-order valence-corrected chi connectivity index (χ0v) is 11.2. The van der Waals surface area contributed by atoms with Crippen LogP contribution >= 0.6 is 20.8 Å². The number of halogens is 1. The van der Waals surface area contributed by atoms with E-state index >= 15 is 0 Å². The van der Waals surface area contributed by atoms with Gasteiger partial charge in [0.15, 0.2) is 0 Å². The third-order valence-electron chi connectivity index (χ3n) is 2.60. The Morgan fingerprint density at radius 3 is 2.71 bits per heavy atom. The highest BCUT2D eigenvalue weighted by atomic mass is 35.5. The van der Waals surface area contributed by atoms with Crippen LogP contribution in [0.25, 0.3) is 0 Å². The minimum atomic E-state index is 0.0123. The summed E-state index contributed by atoms with van der Waals surface area (Å²) in [5.41, 5.74) is 2.20. The molecule has 0 bridgehead atoms. The summed E-state index contributed by atoms with van der Waals surface area (Å²) < 4.78 is 1.68. The molecule has 2 rings (SSSR count). The summed E-state index contributed by atoms with van der Waals surface area (Å²) in [4.78, 5) is 11.6. The molecule has 4 heteroatoms. The van der Waals surface area contributed by atoms with Crippen LogP contribution in [0.1, 0.15) is 11.1 Å². The van der Waals surface area contributed by atoms with E-state index in [4.69, 9.17) is 11.6 Å². The number of rotatable bonds is 3. The highest BCUT2D eigenvalue weighted by Gasteiger charge is 2.02. The van der Waals surface area contributed by atoms with Gasteiger partial charge in [0.25, 0.3) is 5.56 Å². The van der Waals surface area contributed by atoms with Crippen molar-refractivity contribution in [2.24, 2.45) is 0 Å². The number of nitrogens with zero attached hydrogens (tertiary/aromatic N) is 1. The van der Waals surface area contributed by atoms with E-state index in [-0.39, 0.29) is 5.56 Å². The Hall–Kier alpha value is -1.11. The van der Waals surface area contributed by atoms with E-state index in [1.807, 2.05) is 24.3 Å². The van der Waals surface area contributed by atoms with E-state index in [2.05, 4.69) is 9.24 Å². The topological polar surface area (TPSA) is 22.0 Å². The van der Waals surface area contributed by atoms with Gasteiger partial charge in [0, 0.05) is 18.1 Å². The van der Waals surface area contributed by atoms with Crippen molar-refractivity contribution >= 4 is 26.1 Å². The largest absolute Gasteiger partial charge is 0.311 e. The lowest BCUT2D eigenvalue weighted by Crippen LogP contribution is -2.20. The second kappa shape index (κ2) is 5.48. The van der Waals surface area contributed by atoms with Crippen molar-refractivity contribution in [1.29, 1.82) is 0 Å². The van der Waals surface area contributed by atoms with E-state index in [0.717, 1.165) is 16.4 Å². The molecule has 0 aliphatic heterocycles. The first-order chi connectivity index (χ1) is 8.20. The minimum Gasteiger partial charge on any atom is -0.311 e. The van der Waals surface area contributed by atoms with E-state index in [0.29, 0.717) is 12.4 Å². The Labute approximate surface area is 107 Å². The zero-order chi connectivity index (χ0) is 12.3. The van der Waals surface area contributed by atoms with E-state index < -0.39 is 0 Å². The van der Waals surface area contributed by atoms with E-state index in [1.165, 1.54) is 0 Å². The molecule has 0 aliphatic carbocycles. The second-order valence-corrected chi connectivity index (χ2v) is 4.72. The van der Waals surface area contributed by atoms with Crippen LogP contribution in [0.2, 0.25) is 0 Å². The third-order valence-corrected chi connectivity index (χ3v) is 3.45. The lowest BCUT2D eigenvalue weighted by Gasteiger charge is -2.09. The SMILES string of the molecule is O=c1ccccn1Cc1ccc(CCl)cc1P. The molecular formula is C13H13ClNOP. The summed E-state index contributed by atoms with van der Waals surface area (Å²) in [5, 5.41) is 1.08. The number of hydrogen-bond acceptors (Lipinski definition) is 1. The Morgan fingerprint density at radius 1 is 1.24 bits per heavy atom. The summed E-state index contributed by atoms with van der Waals surface area (Å²) in [6.07, 6.45) is 1.79. The number of alkyl halides is 1. The van der Waals surface area contributed by atoms with Crippen LogP contribution in [0.3, 0.4) is 0 Å². The first kappa shape index (κ1) is 12.3. The Balaban J connectivity index is 2.31. The lowest BCUT2D eigenvalue weighted by molar-refractivity contribution is 0.762. The Bertz CT molecular complexity index is 580. The van der Waals surface area contributed by atoms with E-state index in [9.17, 15) is 4.79 Å². The van der Waals surface area contributed by atoms with Gasteiger partial charge in [0.2, 0.25) is 0 Å².